The van der Waals surface area contributed by atoms with E-state index in [1.807, 2.05) is 66.7 Å². The van der Waals surface area contributed by atoms with E-state index in [0.717, 1.165) is 11.1 Å². The van der Waals surface area contributed by atoms with Gasteiger partial charge in [-0.2, -0.15) is 0 Å². The van der Waals surface area contributed by atoms with Crippen LogP contribution in [0.3, 0.4) is 0 Å². The van der Waals surface area contributed by atoms with E-state index in [2.05, 4.69) is 5.32 Å². The first-order valence-corrected chi connectivity index (χ1v) is 8.83. The fourth-order valence-corrected chi connectivity index (χ4v) is 2.73. The van der Waals surface area contributed by atoms with Crippen LogP contribution in [0.1, 0.15) is 33.9 Å². The van der Waals surface area contributed by atoms with Gasteiger partial charge in [0.05, 0.1) is 12.5 Å². The highest BCUT2D eigenvalue weighted by Crippen LogP contribution is 2.18. The summed E-state index contributed by atoms with van der Waals surface area (Å²) in [4.78, 5) is 24.9. The van der Waals surface area contributed by atoms with Crippen LogP contribution in [0.25, 0.3) is 0 Å². The van der Waals surface area contributed by atoms with Crippen molar-refractivity contribution in [3.05, 3.63) is 108 Å². The summed E-state index contributed by atoms with van der Waals surface area (Å²) in [6, 6.07) is 27.4. The molecule has 27 heavy (non-hydrogen) atoms. The van der Waals surface area contributed by atoms with Crippen LogP contribution in [-0.2, 0) is 16.1 Å². The maximum Gasteiger partial charge on any atom is 0.308 e. The predicted octanol–water partition coefficient (Wildman–Crippen LogP) is 4.29. The molecule has 0 saturated heterocycles. The van der Waals surface area contributed by atoms with E-state index in [-0.39, 0.29) is 24.9 Å². The van der Waals surface area contributed by atoms with Crippen molar-refractivity contribution in [1.29, 1.82) is 0 Å². The lowest BCUT2D eigenvalue weighted by Crippen LogP contribution is -2.30. The number of carbonyl (C=O) groups excluding carboxylic acids is 2. The molecule has 0 aromatic heterocycles. The molecule has 0 fully saturated rings. The minimum absolute atomic E-state index is 0.0649. The van der Waals surface area contributed by atoms with Gasteiger partial charge >= 0.3 is 5.97 Å². The molecule has 0 radical (unpaired) electrons. The van der Waals surface area contributed by atoms with Crippen LogP contribution < -0.4 is 5.32 Å². The number of benzene rings is 3. The molecule has 136 valence electrons. The van der Waals surface area contributed by atoms with Crippen LogP contribution >= 0.6 is 0 Å². The third-order valence-corrected chi connectivity index (χ3v) is 4.16. The molecule has 3 rings (SSSR count). The van der Waals surface area contributed by atoms with Crippen molar-refractivity contribution >= 4 is 11.9 Å². The van der Waals surface area contributed by atoms with Crippen molar-refractivity contribution in [3.63, 3.8) is 0 Å². The Balaban J connectivity index is 1.67. The smallest absolute Gasteiger partial charge is 0.308 e. The molecule has 1 amide bonds. The number of carbonyl (C=O) groups is 2. The molecule has 4 nitrogen and oxygen atoms in total. The summed E-state index contributed by atoms with van der Waals surface area (Å²) < 4.78 is 5.38. The molecule has 0 saturated carbocycles. The summed E-state index contributed by atoms with van der Waals surface area (Å²) in [6.45, 7) is 0.216. The Morgan fingerprint density at radius 3 is 1.96 bits per heavy atom. The minimum atomic E-state index is -0.456. The summed E-state index contributed by atoms with van der Waals surface area (Å²) in [6.07, 6.45) is 0.0649. The Morgan fingerprint density at radius 2 is 1.33 bits per heavy atom. The number of amides is 1. The Hall–Kier alpha value is -3.40. The molecule has 4 heteroatoms. The third kappa shape index (κ3) is 5.54. The predicted molar refractivity (Wildman–Crippen MR) is 104 cm³/mol. The number of hydrogen-bond acceptors (Lipinski definition) is 3. The van der Waals surface area contributed by atoms with Gasteiger partial charge in [-0.25, -0.2) is 0 Å². The molecular weight excluding hydrogens is 338 g/mol. The fraction of sp³-hybridized carbons (Fsp3) is 0.130. The van der Waals surface area contributed by atoms with E-state index in [0.29, 0.717) is 5.56 Å². The minimum Gasteiger partial charge on any atom is -0.461 e. The van der Waals surface area contributed by atoms with Crippen LogP contribution in [-0.4, -0.2) is 11.9 Å². The van der Waals surface area contributed by atoms with Crippen LogP contribution in [0.2, 0.25) is 0 Å². The molecule has 0 bridgehead atoms. The quantitative estimate of drug-likeness (QED) is 0.640. The Kier molecular flexibility index (Phi) is 6.36. The molecule has 0 unspecified atom stereocenters. The van der Waals surface area contributed by atoms with E-state index < -0.39 is 6.04 Å². The van der Waals surface area contributed by atoms with Crippen molar-refractivity contribution in [1.82, 2.24) is 5.32 Å². The van der Waals surface area contributed by atoms with Gasteiger partial charge in [-0.3, -0.25) is 9.59 Å². The highest BCUT2D eigenvalue weighted by atomic mass is 16.5. The molecule has 0 heterocycles. The van der Waals surface area contributed by atoms with Crippen LogP contribution in [0.5, 0.6) is 0 Å². The first kappa shape index (κ1) is 18.4. The van der Waals surface area contributed by atoms with Gasteiger partial charge in [0, 0.05) is 5.56 Å². The summed E-state index contributed by atoms with van der Waals surface area (Å²) >= 11 is 0. The largest absolute Gasteiger partial charge is 0.461 e. The fourth-order valence-electron chi connectivity index (χ4n) is 2.73. The lowest BCUT2D eigenvalue weighted by Gasteiger charge is -2.19. The van der Waals surface area contributed by atoms with Crippen LogP contribution in [0.15, 0.2) is 91.0 Å². The maximum absolute atomic E-state index is 12.5. The van der Waals surface area contributed by atoms with E-state index >= 15 is 0 Å². The highest BCUT2D eigenvalue weighted by molar-refractivity contribution is 5.94. The number of esters is 1. The second-order valence-electron chi connectivity index (χ2n) is 6.15. The van der Waals surface area contributed by atoms with Gasteiger partial charge < -0.3 is 10.1 Å². The summed E-state index contributed by atoms with van der Waals surface area (Å²) in [5.74, 6) is -0.582. The normalized spacial score (nSPS) is 11.4. The van der Waals surface area contributed by atoms with E-state index in [4.69, 9.17) is 4.74 Å². The molecule has 1 N–H and O–H groups in total. The topological polar surface area (TPSA) is 55.4 Å². The zero-order chi connectivity index (χ0) is 18.9. The van der Waals surface area contributed by atoms with E-state index in [9.17, 15) is 9.59 Å². The first-order valence-electron chi connectivity index (χ1n) is 8.83. The zero-order valence-corrected chi connectivity index (χ0v) is 14.9. The first-order chi connectivity index (χ1) is 13.2. The second kappa shape index (κ2) is 9.34. The van der Waals surface area contributed by atoms with Crippen molar-refractivity contribution in [3.8, 4) is 0 Å². The Labute approximate surface area is 158 Å². The average Bonchev–Trinajstić information content (AvgIpc) is 2.74. The van der Waals surface area contributed by atoms with Crippen molar-refractivity contribution < 1.29 is 14.3 Å². The average molecular weight is 359 g/mol. The molecule has 0 spiro atoms. The maximum atomic E-state index is 12.5. The van der Waals surface area contributed by atoms with Crippen LogP contribution in [0, 0.1) is 0 Å². The van der Waals surface area contributed by atoms with Gasteiger partial charge in [0.25, 0.3) is 5.91 Å². The zero-order valence-electron chi connectivity index (χ0n) is 14.9. The summed E-state index contributed by atoms with van der Waals surface area (Å²) in [5, 5.41) is 2.94. The Bertz CT molecular complexity index is 864. The number of nitrogens with one attached hydrogen (secondary N) is 1. The number of hydrogen-bond donors (Lipinski definition) is 1. The van der Waals surface area contributed by atoms with Gasteiger partial charge in [-0.05, 0) is 23.3 Å². The van der Waals surface area contributed by atoms with Crippen LogP contribution in [0.4, 0.5) is 0 Å². The second-order valence-corrected chi connectivity index (χ2v) is 6.15. The summed E-state index contributed by atoms with van der Waals surface area (Å²) in [7, 11) is 0. The van der Waals surface area contributed by atoms with Crippen molar-refractivity contribution in [2.75, 3.05) is 0 Å². The lowest BCUT2D eigenvalue weighted by atomic mass is 10.0. The van der Waals surface area contributed by atoms with Gasteiger partial charge in [0.2, 0.25) is 0 Å². The van der Waals surface area contributed by atoms with Gasteiger partial charge in [0.15, 0.2) is 0 Å². The molecule has 0 aliphatic heterocycles. The number of ether oxygens (including phenoxy) is 1. The van der Waals surface area contributed by atoms with Gasteiger partial charge in [0.1, 0.15) is 6.61 Å². The molecule has 1 atom stereocenters. The molecule has 3 aromatic carbocycles. The van der Waals surface area contributed by atoms with Gasteiger partial charge in [-0.15, -0.1) is 0 Å². The third-order valence-electron chi connectivity index (χ3n) is 4.16. The summed E-state index contributed by atoms with van der Waals surface area (Å²) in [5.41, 5.74) is 2.34. The standard InChI is InChI=1S/C23H21NO3/c25-22(27-17-18-10-4-1-5-11-18)16-21(19-12-6-2-7-13-19)24-23(26)20-14-8-3-9-15-20/h1-15,21H,16-17H2,(H,24,26)/t21-/m1/s1. The van der Waals surface area contributed by atoms with Crippen molar-refractivity contribution in [2.45, 2.75) is 19.1 Å². The molecule has 0 aliphatic carbocycles. The van der Waals surface area contributed by atoms with Gasteiger partial charge in [-0.1, -0.05) is 78.9 Å². The highest BCUT2D eigenvalue weighted by Gasteiger charge is 2.20. The monoisotopic (exact) mass is 359 g/mol. The Morgan fingerprint density at radius 1 is 0.778 bits per heavy atom. The number of rotatable bonds is 7. The van der Waals surface area contributed by atoms with E-state index in [1.54, 1.807) is 24.3 Å². The van der Waals surface area contributed by atoms with E-state index in [1.165, 1.54) is 0 Å². The molecule has 0 aliphatic rings. The lowest BCUT2D eigenvalue weighted by molar-refractivity contribution is -0.145. The van der Waals surface area contributed by atoms with Crippen molar-refractivity contribution in [2.24, 2.45) is 0 Å². The molecule has 3 aromatic rings. The SMILES string of the molecule is O=C(C[C@@H](NC(=O)c1ccccc1)c1ccccc1)OCc1ccccc1. The molecular formula is C23H21NO3.